The van der Waals surface area contributed by atoms with Gasteiger partial charge in [0.2, 0.25) is 0 Å². The third-order valence-corrected chi connectivity index (χ3v) is 2.88. The number of fused-ring (bicyclic) bond motifs is 1. The van der Waals surface area contributed by atoms with Crippen molar-refractivity contribution in [3.8, 4) is 0 Å². The standard InChI is InChI=1S/C12H13N3O2/c16-12-10(4-6-17-12)13-7-9-8-15-5-2-1-3-11(15)14-9/h1-3,5,8,10,13H,4,6-7H2. The van der Waals surface area contributed by atoms with Gasteiger partial charge in [0.15, 0.2) is 0 Å². The molecule has 3 heterocycles. The van der Waals surface area contributed by atoms with Crippen LogP contribution in [0.2, 0.25) is 0 Å². The molecule has 0 saturated carbocycles. The van der Waals surface area contributed by atoms with E-state index in [4.69, 9.17) is 4.74 Å². The van der Waals surface area contributed by atoms with E-state index in [1.165, 1.54) is 0 Å². The van der Waals surface area contributed by atoms with Crippen LogP contribution in [0, 0.1) is 0 Å². The molecule has 2 aromatic rings. The average Bonchev–Trinajstić information content (AvgIpc) is 2.92. The number of hydrogen-bond acceptors (Lipinski definition) is 4. The lowest BCUT2D eigenvalue weighted by atomic mass is 10.2. The van der Waals surface area contributed by atoms with Crippen molar-refractivity contribution in [2.24, 2.45) is 0 Å². The van der Waals surface area contributed by atoms with E-state index in [0.29, 0.717) is 13.2 Å². The topological polar surface area (TPSA) is 55.6 Å². The van der Waals surface area contributed by atoms with Gasteiger partial charge in [0.1, 0.15) is 11.7 Å². The number of rotatable bonds is 3. The van der Waals surface area contributed by atoms with Gasteiger partial charge in [-0.3, -0.25) is 10.1 Å². The monoisotopic (exact) mass is 231 g/mol. The van der Waals surface area contributed by atoms with Crippen LogP contribution in [0.15, 0.2) is 30.6 Å². The van der Waals surface area contributed by atoms with Crippen molar-refractivity contribution in [3.63, 3.8) is 0 Å². The molecule has 88 valence electrons. The summed E-state index contributed by atoms with van der Waals surface area (Å²) < 4.78 is 6.85. The number of imidazole rings is 1. The zero-order valence-corrected chi connectivity index (χ0v) is 9.30. The molecule has 1 fully saturated rings. The highest BCUT2D eigenvalue weighted by Gasteiger charge is 2.25. The summed E-state index contributed by atoms with van der Waals surface area (Å²) in [4.78, 5) is 15.7. The lowest BCUT2D eigenvalue weighted by Crippen LogP contribution is -2.32. The molecule has 1 unspecified atom stereocenters. The molecule has 5 heteroatoms. The van der Waals surface area contributed by atoms with Crippen LogP contribution in [0.5, 0.6) is 0 Å². The number of esters is 1. The van der Waals surface area contributed by atoms with Crippen LogP contribution >= 0.6 is 0 Å². The largest absolute Gasteiger partial charge is 0.464 e. The minimum atomic E-state index is -0.181. The van der Waals surface area contributed by atoms with Crippen LogP contribution in [0.1, 0.15) is 12.1 Å². The van der Waals surface area contributed by atoms with E-state index >= 15 is 0 Å². The molecule has 2 aromatic heterocycles. The van der Waals surface area contributed by atoms with Gasteiger partial charge in [-0.2, -0.15) is 0 Å². The molecule has 0 aromatic carbocycles. The van der Waals surface area contributed by atoms with Crippen molar-refractivity contribution in [3.05, 3.63) is 36.3 Å². The molecule has 1 aliphatic heterocycles. The number of carbonyl (C=O) groups is 1. The van der Waals surface area contributed by atoms with Crippen molar-refractivity contribution >= 4 is 11.6 Å². The highest BCUT2D eigenvalue weighted by atomic mass is 16.5. The Bertz CT molecular complexity index is 516. The second-order valence-corrected chi connectivity index (χ2v) is 4.09. The lowest BCUT2D eigenvalue weighted by molar-refractivity contribution is -0.139. The number of nitrogens with zero attached hydrogens (tertiary/aromatic N) is 2. The zero-order valence-electron chi connectivity index (χ0n) is 9.30. The van der Waals surface area contributed by atoms with Crippen molar-refractivity contribution in [2.45, 2.75) is 19.0 Å². The minimum absolute atomic E-state index is 0.159. The van der Waals surface area contributed by atoms with Crippen molar-refractivity contribution in [1.29, 1.82) is 0 Å². The maximum absolute atomic E-state index is 11.3. The Morgan fingerprint density at radius 2 is 2.47 bits per heavy atom. The molecule has 5 nitrogen and oxygen atoms in total. The van der Waals surface area contributed by atoms with Crippen molar-refractivity contribution < 1.29 is 9.53 Å². The molecule has 1 N–H and O–H groups in total. The Morgan fingerprint density at radius 3 is 3.24 bits per heavy atom. The smallest absolute Gasteiger partial charge is 0.323 e. The molecule has 0 bridgehead atoms. The highest BCUT2D eigenvalue weighted by Crippen LogP contribution is 2.08. The summed E-state index contributed by atoms with van der Waals surface area (Å²) in [6.07, 6.45) is 4.66. The normalized spacial score (nSPS) is 19.8. The number of carbonyl (C=O) groups excluding carboxylic acids is 1. The third-order valence-electron chi connectivity index (χ3n) is 2.88. The third kappa shape index (κ3) is 2.01. The van der Waals surface area contributed by atoms with E-state index in [2.05, 4.69) is 10.3 Å². The first-order valence-corrected chi connectivity index (χ1v) is 5.65. The summed E-state index contributed by atoms with van der Waals surface area (Å²) in [5.41, 5.74) is 1.84. The van der Waals surface area contributed by atoms with E-state index in [-0.39, 0.29) is 12.0 Å². The van der Waals surface area contributed by atoms with Crippen LogP contribution in [0.4, 0.5) is 0 Å². The van der Waals surface area contributed by atoms with Crippen LogP contribution < -0.4 is 5.32 Å². The maximum atomic E-state index is 11.3. The summed E-state index contributed by atoms with van der Waals surface area (Å²) >= 11 is 0. The van der Waals surface area contributed by atoms with E-state index in [0.717, 1.165) is 17.8 Å². The molecule has 1 atom stereocenters. The highest BCUT2D eigenvalue weighted by molar-refractivity contribution is 5.77. The van der Waals surface area contributed by atoms with Crippen LogP contribution in [0.3, 0.4) is 0 Å². The number of hydrogen-bond donors (Lipinski definition) is 1. The number of ether oxygens (including phenoxy) is 1. The Labute approximate surface area is 98.4 Å². The second-order valence-electron chi connectivity index (χ2n) is 4.09. The van der Waals surface area contributed by atoms with Gasteiger partial charge in [0.05, 0.1) is 12.3 Å². The summed E-state index contributed by atoms with van der Waals surface area (Å²) in [5.74, 6) is -0.159. The zero-order chi connectivity index (χ0) is 11.7. The van der Waals surface area contributed by atoms with E-state index in [1.807, 2.05) is 35.0 Å². The Hall–Kier alpha value is -1.88. The predicted molar refractivity (Wildman–Crippen MR) is 61.4 cm³/mol. The van der Waals surface area contributed by atoms with Gasteiger partial charge >= 0.3 is 5.97 Å². The first-order chi connectivity index (χ1) is 8.33. The van der Waals surface area contributed by atoms with Crippen LogP contribution in [-0.4, -0.2) is 28.0 Å². The molecule has 1 aliphatic rings. The van der Waals surface area contributed by atoms with E-state index in [9.17, 15) is 4.79 Å². The van der Waals surface area contributed by atoms with Gasteiger partial charge in [-0.25, -0.2) is 4.98 Å². The molecular formula is C12H13N3O2. The number of aromatic nitrogens is 2. The first kappa shape index (κ1) is 10.3. The molecule has 0 amide bonds. The van der Waals surface area contributed by atoms with E-state index in [1.54, 1.807) is 0 Å². The molecule has 0 radical (unpaired) electrons. The van der Waals surface area contributed by atoms with Gasteiger partial charge in [-0.1, -0.05) is 6.07 Å². The fourth-order valence-electron chi connectivity index (χ4n) is 1.98. The summed E-state index contributed by atoms with van der Waals surface area (Å²) in [7, 11) is 0. The molecule has 17 heavy (non-hydrogen) atoms. The van der Waals surface area contributed by atoms with Crippen LogP contribution in [-0.2, 0) is 16.1 Å². The predicted octanol–water partition coefficient (Wildman–Crippen LogP) is 0.739. The van der Waals surface area contributed by atoms with Crippen molar-refractivity contribution in [2.75, 3.05) is 6.61 Å². The Morgan fingerprint density at radius 1 is 1.53 bits per heavy atom. The van der Waals surface area contributed by atoms with Gasteiger partial charge in [-0.05, 0) is 12.1 Å². The van der Waals surface area contributed by atoms with Crippen molar-refractivity contribution in [1.82, 2.24) is 14.7 Å². The molecule has 1 saturated heterocycles. The summed E-state index contributed by atoms with van der Waals surface area (Å²) in [6, 6.07) is 5.68. The fourth-order valence-corrected chi connectivity index (χ4v) is 1.98. The molecule has 0 spiro atoms. The van der Waals surface area contributed by atoms with Crippen LogP contribution in [0.25, 0.3) is 5.65 Å². The fraction of sp³-hybridized carbons (Fsp3) is 0.333. The molecule has 3 rings (SSSR count). The first-order valence-electron chi connectivity index (χ1n) is 5.65. The maximum Gasteiger partial charge on any atom is 0.323 e. The molecule has 0 aliphatic carbocycles. The lowest BCUT2D eigenvalue weighted by Gasteiger charge is -2.05. The summed E-state index contributed by atoms with van der Waals surface area (Å²) in [5, 5.41) is 3.16. The number of cyclic esters (lactones) is 1. The van der Waals surface area contributed by atoms with Gasteiger partial charge in [-0.15, -0.1) is 0 Å². The van der Waals surface area contributed by atoms with E-state index < -0.39 is 0 Å². The SMILES string of the molecule is O=C1OCCC1NCc1cn2ccccc2n1. The number of nitrogens with one attached hydrogen (secondary N) is 1. The van der Waals surface area contributed by atoms with Gasteiger partial charge < -0.3 is 9.14 Å². The van der Waals surface area contributed by atoms with Gasteiger partial charge in [0, 0.05) is 25.4 Å². The second kappa shape index (κ2) is 4.18. The quantitative estimate of drug-likeness (QED) is 0.792. The minimum Gasteiger partial charge on any atom is -0.464 e. The number of pyridine rings is 1. The average molecular weight is 231 g/mol. The van der Waals surface area contributed by atoms with Gasteiger partial charge in [0.25, 0.3) is 0 Å². The Balaban J connectivity index is 1.70. The molecular weight excluding hydrogens is 218 g/mol. The summed E-state index contributed by atoms with van der Waals surface area (Å²) in [6.45, 7) is 1.10. The Kier molecular flexibility index (Phi) is 2.53.